The third kappa shape index (κ3) is 3.32. The Morgan fingerprint density at radius 2 is 1.95 bits per heavy atom. The van der Waals surface area contributed by atoms with Crippen molar-refractivity contribution < 1.29 is 4.74 Å². The molecule has 1 unspecified atom stereocenters. The highest BCUT2D eigenvalue weighted by Crippen LogP contribution is 2.32. The molecule has 0 fully saturated rings. The quantitative estimate of drug-likeness (QED) is 0.777. The SMILES string of the molecule is COCC(C)c1nc(Cl)c(Br)c(-c2ccccc2)n1. The van der Waals surface area contributed by atoms with Crippen LogP contribution in [0.25, 0.3) is 11.3 Å². The Balaban J connectivity index is 2.49. The van der Waals surface area contributed by atoms with E-state index in [-0.39, 0.29) is 5.92 Å². The maximum Gasteiger partial charge on any atom is 0.147 e. The Kier molecular flexibility index (Phi) is 4.91. The van der Waals surface area contributed by atoms with Gasteiger partial charge in [-0.15, -0.1) is 0 Å². The zero-order chi connectivity index (χ0) is 13.8. The summed E-state index contributed by atoms with van der Waals surface area (Å²) in [4.78, 5) is 8.90. The highest BCUT2D eigenvalue weighted by atomic mass is 79.9. The Bertz CT molecular complexity index is 563. The van der Waals surface area contributed by atoms with Crippen molar-refractivity contribution in [3.05, 3.63) is 45.8 Å². The first-order valence-corrected chi connectivity index (χ1v) is 7.08. The molecule has 0 aliphatic heterocycles. The van der Waals surface area contributed by atoms with Gasteiger partial charge in [-0.3, -0.25) is 0 Å². The molecule has 1 aromatic carbocycles. The molecule has 3 nitrogen and oxygen atoms in total. The molecule has 1 aromatic heterocycles. The molecule has 1 heterocycles. The molecule has 5 heteroatoms. The molecule has 0 bridgehead atoms. The molecule has 0 spiro atoms. The van der Waals surface area contributed by atoms with E-state index < -0.39 is 0 Å². The van der Waals surface area contributed by atoms with E-state index in [0.717, 1.165) is 11.3 Å². The highest BCUT2D eigenvalue weighted by Gasteiger charge is 2.16. The van der Waals surface area contributed by atoms with E-state index in [9.17, 15) is 0 Å². The van der Waals surface area contributed by atoms with Crippen LogP contribution in [-0.4, -0.2) is 23.7 Å². The van der Waals surface area contributed by atoms with Crippen LogP contribution in [0.4, 0.5) is 0 Å². The Labute approximate surface area is 126 Å². The van der Waals surface area contributed by atoms with Crippen LogP contribution >= 0.6 is 27.5 Å². The monoisotopic (exact) mass is 340 g/mol. The Morgan fingerprint density at radius 1 is 1.26 bits per heavy atom. The molecule has 2 aromatic rings. The number of nitrogens with zero attached hydrogens (tertiary/aromatic N) is 2. The van der Waals surface area contributed by atoms with Gasteiger partial charge in [-0.25, -0.2) is 9.97 Å². The minimum atomic E-state index is 0.0954. The normalized spacial score (nSPS) is 12.4. The number of rotatable bonds is 4. The average molecular weight is 342 g/mol. The van der Waals surface area contributed by atoms with E-state index in [0.29, 0.717) is 22.1 Å². The summed E-state index contributed by atoms with van der Waals surface area (Å²) in [5.74, 6) is 0.784. The fraction of sp³-hybridized carbons (Fsp3) is 0.286. The third-order valence-corrected chi connectivity index (χ3v) is 3.99. The Morgan fingerprint density at radius 3 is 2.58 bits per heavy atom. The zero-order valence-corrected chi connectivity index (χ0v) is 13.1. The molecule has 0 saturated heterocycles. The van der Waals surface area contributed by atoms with Crippen molar-refractivity contribution in [2.75, 3.05) is 13.7 Å². The van der Waals surface area contributed by atoms with Gasteiger partial charge in [0.25, 0.3) is 0 Å². The number of aromatic nitrogens is 2. The van der Waals surface area contributed by atoms with Gasteiger partial charge in [-0.05, 0) is 15.9 Å². The van der Waals surface area contributed by atoms with Gasteiger partial charge in [0, 0.05) is 18.6 Å². The molecule has 0 N–H and O–H groups in total. The van der Waals surface area contributed by atoms with E-state index in [1.54, 1.807) is 7.11 Å². The number of methoxy groups -OCH3 is 1. The predicted octanol–water partition coefficient (Wildman–Crippen LogP) is 4.31. The molecular formula is C14H14BrClN2O. The van der Waals surface area contributed by atoms with Gasteiger partial charge in [-0.1, -0.05) is 48.9 Å². The molecule has 1 atom stereocenters. The number of benzene rings is 1. The van der Waals surface area contributed by atoms with Crippen LogP contribution in [0, 0.1) is 0 Å². The molecule has 0 saturated carbocycles. The summed E-state index contributed by atoms with van der Waals surface area (Å²) in [5.41, 5.74) is 1.81. The van der Waals surface area contributed by atoms with Crippen molar-refractivity contribution in [2.45, 2.75) is 12.8 Å². The summed E-state index contributed by atoms with van der Waals surface area (Å²) >= 11 is 9.63. The summed E-state index contributed by atoms with van der Waals surface area (Å²) in [6.45, 7) is 2.57. The van der Waals surface area contributed by atoms with E-state index >= 15 is 0 Å². The minimum Gasteiger partial charge on any atom is -0.384 e. The third-order valence-electron chi connectivity index (χ3n) is 2.73. The van der Waals surface area contributed by atoms with Gasteiger partial charge in [-0.2, -0.15) is 0 Å². The van der Waals surface area contributed by atoms with Crippen molar-refractivity contribution >= 4 is 27.5 Å². The van der Waals surface area contributed by atoms with Crippen LogP contribution < -0.4 is 0 Å². The lowest BCUT2D eigenvalue weighted by atomic mass is 10.1. The van der Waals surface area contributed by atoms with Crippen LogP contribution in [-0.2, 0) is 4.74 Å². The molecule has 100 valence electrons. The summed E-state index contributed by atoms with van der Waals surface area (Å²) in [6, 6.07) is 9.89. The first-order valence-electron chi connectivity index (χ1n) is 5.90. The second-order valence-corrected chi connectivity index (χ2v) is 5.41. The molecule has 19 heavy (non-hydrogen) atoms. The fourth-order valence-electron chi connectivity index (χ4n) is 1.77. The molecular weight excluding hydrogens is 328 g/mol. The number of hydrogen-bond acceptors (Lipinski definition) is 3. The standard InChI is InChI=1S/C14H14BrClN2O/c1-9(8-19-2)14-17-12(11(15)13(16)18-14)10-6-4-3-5-7-10/h3-7,9H,8H2,1-2H3. The van der Waals surface area contributed by atoms with E-state index in [2.05, 4.69) is 25.9 Å². The van der Waals surface area contributed by atoms with Crippen LogP contribution in [0.2, 0.25) is 5.15 Å². The number of hydrogen-bond donors (Lipinski definition) is 0. The van der Waals surface area contributed by atoms with Crippen molar-refractivity contribution in [2.24, 2.45) is 0 Å². The molecule has 2 rings (SSSR count). The number of ether oxygens (including phenoxy) is 1. The predicted molar refractivity (Wildman–Crippen MR) is 80.5 cm³/mol. The van der Waals surface area contributed by atoms with E-state index in [1.165, 1.54) is 0 Å². The Hall–Kier alpha value is -0.970. The van der Waals surface area contributed by atoms with E-state index in [1.807, 2.05) is 37.3 Å². The average Bonchev–Trinajstić information content (AvgIpc) is 2.43. The van der Waals surface area contributed by atoms with Gasteiger partial charge in [0.1, 0.15) is 11.0 Å². The first-order chi connectivity index (χ1) is 9.13. The van der Waals surface area contributed by atoms with E-state index in [4.69, 9.17) is 16.3 Å². The van der Waals surface area contributed by atoms with Gasteiger partial charge in [0.05, 0.1) is 16.8 Å². The van der Waals surface area contributed by atoms with Crippen LogP contribution in [0.3, 0.4) is 0 Å². The molecule has 0 aliphatic carbocycles. The maximum atomic E-state index is 6.17. The van der Waals surface area contributed by atoms with Crippen LogP contribution in [0.15, 0.2) is 34.8 Å². The summed E-state index contributed by atoms with van der Waals surface area (Å²) < 4.78 is 5.86. The summed E-state index contributed by atoms with van der Waals surface area (Å²) in [7, 11) is 1.66. The topological polar surface area (TPSA) is 35.0 Å². The lowest BCUT2D eigenvalue weighted by Gasteiger charge is -2.12. The van der Waals surface area contributed by atoms with Gasteiger partial charge >= 0.3 is 0 Å². The second kappa shape index (κ2) is 6.46. The van der Waals surface area contributed by atoms with Crippen LogP contribution in [0.1, 0.15) is 18.7 Å². The fourth-order valence-corrected chi connectivity index (χ4v) is 2.35. The summed E-state index contributed by atoms with van der Waals surface area (Å²) in [5, 5.41) is 0.423. The van der Waals surface area contributed by atoms with Gasteiger partial charge in [0.2, 0.25) is 0 Å². The second-order valence-electron chi connectivity index (χ2n) is 4.26. The lowest BCUT2D eigenvalue weighted by molar-refractivity contribution is 0.181. The van der Waals surface area contributed by atoms with Gasteiger partial charge < -0.3 is 4.74 Å². The smallest absolute Gasteiger partial charge is 0.147 e. The minimum absolute atomic E-state index is 0.0954. The molecule has 0 amide bonds. The molecule has 0 aliphatic rings. The van der Waals surface area contributed by atoms with Gasteiger partial charge in [0.15, 0.2) is 0 Å². The summed E-state index contributed by atoms with van der Waals surface area (Å²) in [6.07, 6.45) is 0. The zero-order valence-electron chi connectivity index (χ0n) is 10.7. The van der Waals surface area contributed by atoms with Crippen molar-refractivity contribution in [1.29, 1.82) is 0 Å². The van der Waals surface area contributed by atoms with Crippen molar-refractivity contribution in [3.8, 4) is 11.3 Å². The van der Waals surface area contributed by atoms with Crippen molar-refractivity contribution in [3.63, 3.8) is 0 Å². The largest absolute Gasteiger partial charge is 0.384 e. The highest BCUT2D eigenvalue weighted by molar-refractivity contribution is 9.10. The van der Waals surface area contributed by atoms with Crippen molar-refractivity contribution in [1.82, 2.24) is 9.97 Å². The lowest BCUT2D eigenvalue weighted by Crippen LogP contribution is -2.08. The maximum absolute atomic E-state index is 6.17. The molecule has 0 radical (unpaired) electrons. The van der Waals surface area contributed by atoms with Crippen LogP contribution in [0.5, 0.6) is 0 Å². The first kappa shape index (κ1) is 14.4. The number of halogens is 2.